The third-order valence-electron chi connectivity index (χ3n) is 2.39. The van der Waals surface area contributed by atoms with Gasteiger partial charge in [0.2, 0.25) is 11.8 Å². The maximum Gasteiger partial charge on any atom is 0.287 e. The molecule has 92 valence electrons. The van der Waals surface area contributed by atoms with Crippen molar-refractivity contribution in [1.29, 1.82) is 0 Å². The first-order valence-corrected chi connectivity index (χ1v) is 4.98. The second kappa shape index (κ2) is 5.20. The summed E-state index contributed by atoms with van der Waals surface area (Å²) in [4.78, 5) is 22.2. The molecular formula is C9H14F2N2O3. The Morgan fingerprint density at radius 2 is 2.31 bits per heavy atom. The van der Waals surface area contributed by atoms with Gasteiger partial charge in [-0.25, -0.2) is 8.78 Å². The Labute approximate surface area is 91.2 Å². The fraction of sp³-hybridized carbons (Fsp3) is 0.778. The molecule has 16 heavy (non-hydrogen) atoms. The summed E-state index contributed by atoms with van der Waals surface area (Å²) < 4.78 is 25.2. The van der Waals surface area contributed by atoms with E-state index >= 15 is 0 Å². The molecule has 1 saturated heterocycles. The van der Waals surface area contributed by atoms with E-state index in [-0.39, 0.29) is 18.9 Å². The number of halogens is 2. The van der Waals surface area contributed by atoms with Crippen LogP contribution in [0.2, 0.25) is 0 Å². The van der Waals surface area contributed by atoms with Crippen LogP contribution in [-0.2, 0) is 9.59 Å². The predicted octanol–water partition coefficient (Wildman–Crippen LogP) is -0.744. The first kappa shape index (κ1) is 12.8. The van der Waals surface area contributed by atoms with Crippen molar-refractivity contribution in [1.82, 2.24) is 10.6 Å². The number of amides is 2. The maximum atomic E-state index is 12.6. The largest absolute Gasteiger partial charge is 0.390 e. The minimum atomic E-state index is -3.30. The van der Waals surface area contributed by atoms with Crippen molar-refractivity contribution in [2.75, 3.05) is 19.7 Å². The zero-order chi connectivity index (χ0) is 12.2. The van der Waals surface area contributed by atoms with Crippen molar-refractivity contribution in [2.45, 2.75) is 18.8 Å². The molecule has 0 bridgehead atoms. The van der Waals surface area contributed by atoms with E-state index in [1.165, 1.54) is 0 Å². The number of rotatable bonds is 4. The maximum absolute atomic E-state index is 12.6. The molecule has 1 unspecified atom stereocenters. The van der Waals surface area contributed by atoms with E-state index in [2.05, 4.69) is 10.6 Å². The molecular weight excluding hydrogens is 222 g/mol. The van der Waals surface area contributed by atoms with Gasteiger partial charge < -0.3 is 15.7 Å². The van der Waals surface area contributed by atoms with Crippen molar-refractivity contribution in [3.05, 3.63) is 0 Å². The average Bonchev–Trinajstić information content (AvgIpc) is 2.27. The van der Waals surface area contributed by atoms with Gasteiger partial charge >= 0.3 is 0 Å². The summed E-state index contributed by atoms with van der Waals surface area (Å²) >= 11 is 0. The van der Waals surface area contributed by atoms with E-state index in [0.29, 0.717) is 6.42 Å². The molecule has 1 fully saturated rings. The molecule has 1 aliphatic rings. The van der Waals surface area contributed by atoms with Crippen LogP contribution in [0.1, 0.15) is 12.8 Å². The van der Waals surface area contributed by atoms with Crippen LogP contribution in [0.3, 0.4) is 0 Å². The van der Waals surface area contributed by atoms with Gasteiger partial charge in [0.05, 0.1) is 12.5 Å². The number of aliphatic hydroxyl groups excluding tert-OH is 1. The molecule has 0 aromatic carbocycles. The molecule has 0 saturated carbocycles. The molecule has 3 N–H and O–H groups in total. The Bertz CT molecular complexity index is 274. The van der Waals surface area contributed by atoms with Crippen molar-refractivity contribution in [3.63, 3.8) is 0 Å². The van der Waals surface area contributed by atoms with Crippen LogP contribution in [0, 0.1) is 5.92 Å². The van der Waals surface area contributed by atoms with Gasteiger partial charge in [-0.1, -0.05) is 0 Å². The van der Waals surface area contributed by atoms with Crippen LogP contribution >= 0.6 is 0 Å². The summed E-state index contributed by atoms with van der Waals surface area (Å²) in [7, 11) is 0. The molecule has 0 aromatic heterocycles. The summed E-state index contributed by atoms with van der Waals surface area (Å²) in [5, 5.41) is 12.8. The molecule has 1 aliphatic heterocycles. The van der Waals surface area contributed by atoms with Crippen molar-refractivity contribution in [3.8, 4) is 0 Å². The predicted molar refractivity (Wildman–Crippen MR) is 50.8 cm³/mol. The first-order valence-electron chi connectivity index (χ1n) is 4.98. The third kappa shape index (κ3) is 3.73. The number of carbonyl (C=O) groups is 2. The normalized spacial score (nSPS) is 21.4. The van der Waals surface area contributed by atoms with Gasteiger partial charge in [-0.3, -0.25) is 9.59 Å². The minimum Gasteiger partial charge on any atom is -0.390 e. The topological polar surface area (TPSA) is 78.4 Å². The monoisotopic (exact) mass is 236 g/mol. The van der Waals surface area contributed by atoms with Crippen LogP contribution in [-0.4, -0.2) is 42.5 Å². The molecule has 1 atom stereocenters. The summed E-state index contributed by atoms with van der Waals surface area (Å²) in [6, 6.07) is 0. The molecule has 0 aromatic rings. The van der Waals surface area contributed by atoms with Crippen molar-refractivity contribution >= 4 is 11.8 Å². The fourth-order valence-corrected chi connectivity index (χ4v) is 1.37. The lowest BCUT2D eigenvalue weighted by Gasteiger charge is -2.22. The van der Waals surface area contributed by atoms with Gasteiger partial charge in [0.1, 0.15) is 6.61 Å². The molecule has 1 rings (SSSR count). The Balaban J connectivity index is 2.33. The van der Waals surface area contributed by atoms with Gasteiger partial charge in [0, 0.05) is 13.0 Å². The highest BCUT2D eigenvalue weighted by Crippen LogP contribution is 2.13. The minimum absolute atomic E-state index is 0.135. The average molecular weight is 236 g/mol. The Morgan fingerprint density at radius 1 is 1.62 bits per heavy atom. The highest BCUT2D eigenvalue weighted by atomic mass is 19.3. The number of hydrogen-bond donors (Lipinski definition) is 3. The Hall–Kier alpha value is -1.24. The van der Waals surface area contributed by atoms with Crippen LogP contribution in [0.25, 0.3) is 0 Å². The molecule has 2 amide bonds. The zero-order valence-electron chi connectivity index (χ0n) is 8.63. The van der Waals surface area contributed by atoms with Crippen LogP contribution < -0.4 is 10.6 Å². The van der Waals surface area contributed by atoms with Crippen molar-refractivity contribution < 1.29 is 23.5 Å². The lowest BCUT2D eigenvalue weighted by molar-refractivity contribution is -0.131. The zero-order valence-corrected chi connectivity index (χ0v) is 8.63. The van der Waals surface area contributed by atoms with E-state index in [4.69, 9.17) is 5.11 Å². The molecule has 1 heterocycles. The third-order valence-corrected chi connectivity index (χ3v) is 2.39. The lowest BCUT2D eigenvalue weighted by Crippen LogP contribution is -2.46. The van der Waals surface area contributed by atoms with Gasteiger partial charge in [-0.2, -0.15) is 0 Å². The number of aliphatic hydroxyl groups is 1. The number of alkyl halides is 2. The first-order chi connectivity index (χ1) is 7.44. The van der Waals surface area contributed by atoms with E-state index in [0.717, 1.165) is 0 Å². The molecule has 0 aliphatic carbocycles. The smallest absolute Gasteiger partial charge is 0.287 e. The van der Waals surface area contributed by atoms with E-state index < -0.39 is 30.9 Å². The standard InChI is InChI=1S/C9H14F2N2O3/c10-9(11,5-14)4-13-8(16)6-1-2-7(15)12-3-6/h6,14H,1-5H2,(H,12,15)(H,13,16). The second-order valence-corrected chi connectivity index (χ2v) is 3.77. The SMILES string of the molecule is O=C1CCC(C(=O)NCC(F)(F)CO)CN1. The van der Waals surface area contributed by atoms with E-state index in [1.54, 1.807) is 0 Å². The molecule has 7 heteroatoms. The highest BCUT2D eigenvalue weighted by molar-refractivity contribution is 5.83. The number of hydrogen-bond acceptors (Lipinski definition) is 3. The summed E-state index contributed by atoms with van der Waals surface area (Å²) in [5.74, 6) is -4.42. The number of nitrogens with one attached hydrogen (secondary N) is 2. The van der Waals surface area contributed by atoms with Gasteiger partial charge in [0.15, 0.2) is 0 Å². The fourth-order valence-electron chi connectivity index (χ4n) is 1.37. The second-order valence-electron chi connectivity index (χ2n) is 3.77. The molecule has 0 radical (unpaired) electrons. The van der Waals surface area contributed by atoms with Crippen LogP contribution in [0.4, 0.5) is 8.78 Å². The lowest BCUT2D eigenvalue weighted by atomic mass is 9.98. The van der Waals surface area contributed by atoms with Crippen LogP contribution in [0.15, 0.2) is 0 Å². The van der Waals surface area contributed by atoms with Gasteiger partial charge in [-0.05, 0) is 6.42 Å². The quantitative estimate of drug-likeness (QED) is 0.601. The number of piperidine rings is 1. The number of carbonyl (C=O) groups excluding carboxylic acids is 2. The molecule has 0 spiro atoms. The van der Waals surface area contributed by atoms with E-state index in [9.17, 15) is 18.4 Å². The summed E-state index contributed by atoms with van der Waals surface area (Å²) in [6.07, 6.45) is 0.594. The van der Waals surface area contributed by atoms with E-state index in [1.807, 2.05) is 0 Å². The van der Waals surface area contributed by atoms with Gasteiger partial charge in [0.25, 0.3) is 5.92 Å². The summed E-state index contributed by atoms with van der Waals surface area (Å²) in [5.41, 5.74) is 0. The molecule has 5 nitrogen and oxygen atoms in total. The van der Waals surface area contributed by atoms with Crippen LogP contribution in [0.5, 0.6) is 0 Å². The Morgan fingerprint density at radius 3 is 2.81 bits per heavy atom. The van der Waals surface area contributed by atoms with Gasteiger partial charge in [-0.15, -0.1) is 0 Å². The Kier molecular flexibility index (Phi) is 4.17. The highest BCUT2D eigenvalue weighted by Gasteiger charge is 2.30. The van der Waals surface area contributed by atoms with Crippen molar-refractivity contribution in [2.24, 2.45) is 5.92 Å². The summed E-state index contributed by atoms with van der Waals surface area (Å²) in [6.45, 7) is -2.00.